The SMILES string of the molecule is COc1ccc(CN(Cc2ccc(OC)cc2)S(=O)(=O)c2ccn(CC#N)n2)cc1.COc1ccc(CN(Cc2ccc(OC)cc2)S(=O)(=O)c2ccn[nH]2)cc1. The average Bonchev–Trinajstić information content (AvgIpc) is 3.96. The molecule has 4 aromatic carbocycles. The first-order chi connectivity index (χ1) is 27.5. The molecule has 298 valence electrons. The van der Waals surface area contributed by atoms with Gasteiger partial charge in [0.25, 0.3) is 20.0 Å². The Kier molecular flexibility index (Phi) is 14.4. The van der Waals surface area contributed by atoms with Gasteiger partial charge < -0.3 is 18.9 Å². The van der Waals surface area contributed by atoms with Crippen LogP contribution in [0.3, 0.4) is 0 Å². The molecule has 0 radical (unpaired) electrons. The fourth-order valence-electron chi connectivity index (χ4n) is 5.49. The van der Waals surface area contributed by atoms with Crippen LogP contribution in [0.15, 0.2) is 132 Å². The van der Waals surface area contributed by atoms with Crippen LogP contribution in [0.25, 0.3) is 0 Å². The van der Waals surface area contributed by atoms with Crippen molar-refractivity contribution in [1.29, 1.82) is 5.26 Å². The number of nitrogens with zero attached hydrogens (tertiary/aromatic N) is 6. The van der Waals surface area contributed by atoms with Gasteiger partial charge in [0.05, 0.1) is 40.7 Å². The highest BCUT2D eigenvalue weighted by Gasteiger charge is 2.28. The summed E-state index contributed by atoms with van der Waals surface area (Å²) in [5, 5.41) is 19.2. The number of hydrogen-bond donors (Lipinski definition) is 1. The molecule has 6 rings (SSSR count). The van der Waals surface area contributed by atoms with Gasteiger partial charge in [0, 0.05) is 32.4 Å². The van der Waals surface area contributed by atoms with Crippen molar-refractivity contribution in [1.82, 2.24) is 28.6 Å². The van der Waals surface area contributed by atoms with Crippen molar-refractivity contribution in [3.63, 3.8) is 0 Å². The molecule has 0 aliphatic carbocycles. The summed E-state index contributed by atoms with van der Waals surface area (Å²) in [5.74, 6) is 2.82. The number of H-pyrrole nitrogens is 1. The minimum absolute atomic E-state index is 0.0213. The van der Waals surface area contributed by atoms with Crippen LogP contribution in [-0.4, -0.2) is 73.9 Å². The van der Waals surface area contributed by atoms with Gasteiger partial charge in [-0.15, -0.1) is 0 Å². The Morgan fingerprint density at radius 2 is 0.947 bits per heavy atom. The van der Waals surface area contributed by atoms with Crippen LogP contribution in [0.2, 0.25) is 0 Å². The normalized spacial score (nSPS) is 11.4. The number of nitriles is 1. The van der Waals surface area contributed by atoms with E-state index in [-0.39, 0.29) is 42.8 Å². The highest BCUT2D eigenvalue weighted by atomic mass is 32.2. The van der Waals surface area contributed by atoms with E-state index in [1.54, 1.807) is 52.7 Å². The van der Waals surface area contributed by atoms with Gasteiger partial charge >= 0.3 is 0 Å². The summed E-state index contributed by atoms with van der Waals surface area (Å²) >= 11 is 0. The first kappa shape index (κ1) is 42.0. The van der Waals surface area contributed by atoms with E-state index in [1.165, 1.54) is 37.8 Å². The Morgan fingerprint density at radius 3 is 1.26 bits per heavy atom. The van der Waals surface area contributed by atoms with Gasteiger partial charge in [-0.2, -0.15) is 24.1 Å². The second-order valence-electron chi connectivity index (χ2n) is 12.4. The standard InChI is InChI=1S/C21H22N4O4S.C19H21N3O4S/c1-28-19-7-3-17(4-8-19)15-25(16-18-5-9-20(29-2)10-6-18)30(26,27)21-11-13-24(23-21)14-12-22;1-25-17-7-3-15(4-8-17)13-22(27(23,24)19-11-12-20-21-19)14-16-5-9-18(26-2)10-6-16/h3-11,13H,14-16H2,1-2H3;3-12H,13-14H2,1-2H3,(H,20,21). The van der Waals surface area contributed by atoms with Crippen molar-refractivity contribution in [2.24, 2.45) is 0 Å². The molecule has 0 saturated heterocycles. The number of rotatable bonds is 17. The topological polar surface area (TPSA) is 182 Å². The van der Waals surface area contributed by atoms with Crippen LogP contribution in [-0.2, 0) is 52.8 Å². The Balaban J connectivity index is 0.000000219. The lowest BCUT2D eigenvalue weighted by Gasteiger charge is -2.22. The second-order valence-corrected chi connectivity index (χ2v) is 16.2. The number of aromatic amines is 1. The molecule has 0 aliphatic rings. The predicted octanol–water partition coefficient (Wildman–Crippen LogP) is 5.63. The highest BCUT2D eigenvalue weighted by Crippen LogP contribution is 2.24. The van der Waals surface area contributed by atoms with E-state index in [2.05, 4.69) is 15.3 Å². The fraction of sp³-hybridized carbons (Fsp3) is 0.225. The lowest BCUT2D eigenvalue weighted by Crippen LogP contribution is -2.30. The van der Waals surface area contributed by atoms with Gasteiger partial charge in [0.15, 0.2) is 10.1 Å². The molecule has 1 N–H and O–H groups in total. The molecular weight excluding hydrogens is 771 g/mol. The summed E-state index contributed by atoms with van der Waals surface area (Å²) in [4.78, 5) is 0. The Hall–Kier alpha value is -6.19. The van der Waals surface area contributed by atoms with Gasteiger partial charge in [-0.05, 0) is 82.9 Å². The van der Waals surface area contributed by atoms with Crippen molar-refractivity contribution in [2.75, 3.05) is 28.4 Å². The van der Waals surface area contributed by atoms with E-state index in [0.717, 1.165) is 33.8 Å². The summed E-state index contributed by atoms with van der Waals surface area (Å²) in [7, 11) is -1.29. The first-order valence-corrected chi connectivity index (χ1v) is 20.3. The summed E-state index contributed by atoms with van der Waals surface area (Å²) in [6, 6.07) is 33.9. The molecule has 0 amide bonds. The fourth-order valence-corrected chi connectivity index (χ4v) is 8.15. The molecule has 57 heavy (non-hydrogen) atoms. The van der Waals surface area contributed by atoms with E-state index in [0.29, 0.717) is 11.5 Å². The van der Waals surface area contributed by atoms with Crippen molar-refractivity contribution in [3.05, 3.63) is 144 Å². The number of hydrogen-bond acceptors (Lipinski definition) is 11. The zero-order valence-electron chi connectivity index (χ0n) is 31.8. The molecule has 0 unspecified atom stereocenters. The van der Waals surface area contributed by atoms with Crippen LogP contribution >= 0.6 is 0 Å². The molecule has 0 atom stereocenters. The zero-order valence-corrected chi connectivity index (χ0v) is 33.5. The molecule has 15 nitrogen and oxygen atoms in total. The lowest BCUT2D eigenvalue weighted by molar-refractivity contribution is 0.395. The summed E-state index contributed by atoms with van der Waals surface area (Å²) in [6.45, 7) is 0.730. The van der Waals surface area contributed by atoms with Crippen molar-refractivity contribution < 1.29 is 35.8 Å². The maximum absolute atomic E-state index is 13.3. The summed E-state index contributed by atoms with van der Waals surface area (Å²) < 4.78 is 77.5. The maximum Gasteiger partial charge on any atom is 0.262 e. The molecule has 2 aromatic heterocycles. The highest BCUT2D eigenvalue weighted by molar-refractivity contribution is 7.89. The molecule has 17 heteroatoms. The van der Waals surface area contributed by atoms with Gasteiger partial charge in [0.1, 0.15) is 29.5 Å². The van der Waals surface area contributed by atoms with E-state index in [1.807, 2.05) is 78.9 Å². The predicted molar refractivity (Wildman–Crippen MR) is 211 cm³/mol. The smallest absolute Gasteiger partial charge is 0.262 e. The van der Waals surface area contributed by atoms with Gasteiger partial charge in [0.2, 0.25) is 0 Å². The number of aromatic nitrogens is 4. The van der Waals surface area contributed by atoms with E-state index < -0.39 is 20.0 Å². The van der Waals surface area contributed by atoms with Crippen LogP contribution in [0.5, 0.6) is 23.0 Å². The largest absolute Gasteiger partial charge is 0.497 e. The van der Waals surface area contributed by atoms with Crippen LogP contribution in [0.1, 0.15) is 22.3 Å². The molecule has 0 spiro atoms. The quantitative estimate of drug-likeness (QED) is 0.121. The first-order valence-electron chi connectivity index (χ1n) is 17.4. The molecule has 0 saturated carbocycles. The monoisotopic (exact) mass is 813 g/mol. The van der Waals surface area contributed by atoms with Gasteiger partial charge in [-0.25, -0.2) is 16.8 Å². The van der Waals surface area contributed by atoms with Crippen LogP contribution in [0, 0.1) is 11.3 Å². The Morgan fingerprint density at radius 1 is 0.579 bits per heavy atom. The lowest BCUT2D eigenvalue weighted by atomic mass is 10.2. The molecular formula is C40H43N7O8S2. The second kappa shape index (κ2) is 19.6. The van der Waals surface area contributed by atoms with Crippen molar-refractivity contribution in [2.45, 2.75) is 42.8 Å². The Bertz CT molecular complexity index is 2320. The minimum atomic E-state index is -3.90. The number of ether oxygens (including phenoxy) is 4. The van der Waals surface area contributed by atoms with E-state index >= 15 is 0 Å². The number of methoxy groups -OCH3 is 4. The van der Waals surface area contributed by atoms with Crippen LogP contribution < -0.4 is 18.9 Å². The summed E-state index contributed by atoms with van der Waals surface area (Å²) in [5.41, 5.74) is 3.33. The van der Waals surface area contributed by atoms with E-state index in [4.69, 9.17) is 24.2 Å². The minimum Gasteiger partial charge on any atom is -0.497 e. The van der Waals surface area contributed by atoms with Crippen molar-refractivity contribution in [3.8, 4) is 29.1 Å². The maximum atomic E-state index is 13.3. The van der Waals surface area contributed by atoms with Crippen molar-refractivity contribution >= 4 is 20.0 Å². The third-order valence-electron chi connectivity index (χ3n) is 8.62. The number of nitrogens with one attached hydrogen (secondary N) is 1. The number of sulfonamides is 2. The van der Waals surface area contributed by atoms with E-state index in [9.17, 15) is 16.8 Å². The zero-order chi connectivity index (χ0) is 40.8. The molecule has 0 aliphatic heterocycles. The molecule has 0 fully saturated rings. The Labute approximate surface area is 332 Å². The average molecular weight is 814 g/mol. The van der Waals surface area contributed by atoms with Crippen LogP contribution in [0.4, 0.5) is 0 Å². The van der Waals surface area contributed by atoms with Gasteiger partial charge in [-0.3, -0.25) is 9.78 Å². The molecule has 0 bridgehead atoms. The third-order valence-corrected chi connectivity index (χ3v) is 12.0. The molecule has 6 aromatic rings. The molecule has 2 heterocycles. The summed E-state index contributed by atoms with van der Waals surface area (Å²) in [6.07, 6.45) is 2.90. The van der Waals surface area contributed by atoms with Gasteiger partial charge in [-0.1, -0.05) is 48.5 Å². The number of benzene rings is 4. The third kappa shape index (κ3) is 11.2.